The summed E-state index contributed by atoms with van der Waals surface area (Å²) in [5, 5.41) is 5.73. The number of methoxy groups -OCH3 is 2. The minimum absolute atomic E-state index is 0.144. The van der Waals surface area contributed by atoms with Crippen LogP contribution < -0.4 is 20.1 Å². The van der Waals surface area contributed by atoms with E-state index in [1.165, 1.54) is 38.5 Å². The van der Waals surface area contributed by atoms with Gasteiger partial charge in [0, 0.05) is 57.8 Å². The molecule has 1 aliphatic rings. The van der Waals surface area contributed by atoms with Crippen LogP contribution in [0.4, 0.5) is 40.3 Å². The lowest BCUT2D eigenvalue weighted by Gasteiger charge is -2.24. The summed E-state index contributed by atoms with van der Waals surface area (Å²) in [6.07, 6.45) is 0. The van der Waals surface area contributed by atoms with Gasteiger partial charge < -0.3 is 24.8 Å². The average molecular weight is 881 g/mol. The first-order valence-electron chi connectivity index (χ1n) is 18.6. The Morgan fingerprint density at radius 1 is 0.650 bits per heavy atom. The largest absolute Gasteiger partial charge is 0.496 e. The predicted molar refractivity (Wildman–Crippen MR) is 227 cm³/mol. The molecule has 7 rings (SSSR count). The Bertz CT molecular complexity index is 2540. The monoisotopic (exact) mass is 879 g/mol. The number of carbonyl (C=O) groups is 2. The molecule has 0 saturated carbocycles. The Kier molecular flexibility index (Phi) is 14.7. The number of hydrogen-bond donors (Lipinski definition) is 2. The molecule has 6 aromatic carbocycles. The second-order valence-electron chi connectivity index (χ2n) is 13.3. The number of ketones is 2. The minimum atomic E-state index is -0.698. The lowest BCUT2D eigenvalue weighted by atomic mass is 10.00. The summed E-state index contributed by atoms with van der Waals surface area (Å²) >= 11 is 3.35. The number of rotatable bonds is 11. The molecule has 306 valence electrons. The first-order chi connectivity index (χ1) is 29.0. The molecule has 2 N–H and O–H groups in total. The summed E-state index contributed by atoms with van der Waals surface area (Å²) in [5.41, 5.74) is 3.92. The van der Waals surface area contributed by atoms with Gasteiger partial charge in [0.15, 0.2) is 11.6 Å². The third kappa shape index (κ3) is 11.4. The van der Waals surface area contributed by atoms with Gasteiger partial charge in [-0.15, -0.1) is 0 Å². The van der Waals surface area contributed by atoms with Gasteiger partial charge in [-0.25, -0.2) is 17.6 Å². The Labute approximate surface area is 353 Å². The van der Waals surface area contributed by atoms with Gasteiger partial charge in [-0.3, -0.25) is 14.5 Å². The fraction of sp³-hybridized carbons (Fsp3) is 0.149. The van der Waals surface area contributed by atoms with E-state index >= 15 is 0 Å². The Morgan fingerprint density at radius 3 is 1.62 bits per heavy atom. The van der Waals surface area contributed by atoms with Crippen LogP contribution in [0.1, 0.15) is 37.4 Å². The highest BCUT2D eigenvalue weighted by Crippen LogP contribution is 2.28. The van der Waals surface area contributed by atoms with E-state index in [0.717, 1.165) is 48.5 Å². The Hall–Kier alpha value is -6.46. The van der Waals surface area contributed by atoms with E-state index in [9.17, 15) is 27.2 Å². The van der Waals surface area contributed by atoms with Crippen molar-refractivity contribution < 1.29 is 41.4 Å². The average Bonchev–Trinajstić information content (AvgIpc) is 3.26. The maximum Gasteiger partial charge on any atom is 0.196 e. The molecule has 60 heavy (non-hydrogen) atoms. The van der Waals surface area contributed by atoms with Crippen molar-refractivity contribution in [3.05, 3.63) is 177 Å². The molecule has 0 amide bonds. The molecule has 0 aromatic heterocycles. The highest BCUT2D eigenvalue weighted by atomic mass is 79.9. The van der Waals surface area contributed by atoms with Crippen LogP contribution in [0, 0.1) is 35.1 Å². The van der Waals surface area contributed by atoms with Gasteiger partial charge in [-0.1, -0.05) is 27.8 Å². The summed E-state index contributed by atoms with van der Waals surface area (Å²) in [7, 11) is 3.02. The molecule has 0 atom stereocenters. The fourth-order valence-corrected chi connectivity index (χ4v) is 6.41. The Morgan fingerprint density at radius 2 is 1.13 bits per heavy atom. The SMILES string of the molecule is COc1ccc(Br)cc1C(=O)c1ccc(Nc2ccc(F)cc2F)cc1.COc1ccc(C#CCN2CCOCC2)cc1C(=O)c1ccc(Nc2ccc(F)cc2F)cc1. The van der Waals surface area contributed by atoms with E-state index in [1.807, 2.05) is 6.07 Å². The molecule has 13 heteroatoms. The number of ether oxygens (including phenoxy) is 3. The molecular weight excluding hydrogens is 842 g/mol. The van der Waals surface area contributed by atoms with E-state index in [2.05, 4.69) is 43.3 Å². The number of hydrogen-bond acceptors (Lipinski definition) is 8. The van der Waals surface area contributed by atoms with Crippen LogP contribution in [0.25, 0.3) is 0 Å². The van der Waals surface area contributed by atoms with E-state index in [1.54, 1.807) is 78.9 Å². The van der Waals surface area contributed by atoms with Crippen LogP contribution in [0.3, 0.4) is 0 Å². The molecule has 1 aliphatic heterocycles. The van der Waals surface area contributed by atoms with E-state index < -0.39 is 23.3 Å². The molecule has 8 nitrogen and oxygen atoms in total. The van der Waals surface area contributed by atoms with Crippen molar-refractivity contribution in [2.24, 2.45) is 0 Å². The molecule has 1 fully saturated rings. The molecule has 0 aliphatic carbocycles. The zero-order chi connectivity index (χ0) is 42.6. The van der Waals surface area contributed by atoms with Gasteiger partial charge in [0.25, 0.3) is 0 Å². The van der Waals surface area contributed by atoms with E-state index in [0.29, 0.717) is 51.7 Å². The fourth-order valence-electron chi connectivity index (χ4n) is 6.05. The summed E-state index contributed by atoms with van der Waals surface area (Å²) < 4.78 is 70.4. The van der Waals surface area contributed by atoms with Gasteiger partial charge in [0.2, 0.25) is 0 Å². The normalized spacial score (nSPS) is 12.2. The number of morpholine rings is 1. The van der Waals surface area contributed by atoms with Gasteiger partial charge >= 0.3 is 0 Å². The smallest absolute Gasteiger partial charge is 0.196 e. The van der Waals surface area contributed by atoms with Crippen molar-refractivity contribution in [2.45, 2.75) is 0 Å². The van der Waals surface area contributed by atoms with Crippen LogP contribution in [0.2, 0.25) is 0 Å². The molecule has 6 aromatic rings. The zero-order valence-corrected chi connectivity index (χ0v) is 34.0. The standard InChI is InChI=1S/C27H24F2N2O3.C20H14BrF2NO2/c1-33-26-11-4-19(3-2-12-31-13-15-34-16-14-31)17-23(26)27(32)20-5-8-22(9-6-20)30-25-10-7-21(28)18-24(25)29;1-26-19-9-4-13(21)10-16(19)20(25)12-2-6-15(7-3-12)24-18-8-5-14(22)11-17(18)23/h4-11,17-18,30H,12-16H2,1H3;2-11,24H,1H3. The third-order valence-electron chi connectivity index (χ3n) is 9.20. The van der Waals surface area contributed by atoms with E-state index in [4.69, 9.17) is 14.2 Å². The number of nitrogens with one attached hydrogen (secondary N) is 2. The predicted octanol–water partition coefficient (Wildman–Crippen LogP) is 10.3. The van der Waals surface area contributed by atoms with Crippen LogP contribution >= 0.6 is 15.9 Å². The maximum atomic E-state index is 13.9. The van der Waals surface area contributed by atoms with Gasteiger partial charge in [-0.05, 0) is 109 Å². The lowest BCUT2D eigenvalue weighted by Crippen LogP contribution is -2.36. The van der Waals surface area contributed by atoms with Crippen LogP contribution in [-0.4, -0.2) is 63.5 Å². The second kappa shape index (κ2) is 20.5. The maximum absolute atomic E-state index is 13.9. The molecule has 0 spiro atoms. The van der Waals surface area contributed by atoms with Crippen LogP contribution in [0.5, 0.6) is 11.5 Å². The molecular formula is C47H38BrF4N3O5. The summed E-state index contributed by atoms with van der Waals surface area (Å²) in [6.45, 7) is 3.80. The van der Waals surface area contributed by atoms with Crippen molar-refractivity contribution in [3.8, 4) is 23.3 Å². The van der Waals surface area contributed by atoms with Crippen molar-refractivity contribution in [3.63, 3.8) is 0 Å². The second-order valence-corrected chi connectivity index (χ2v) is 14.2. The van der Waals surface area contributed by atoms with Crippen molar-refractivity contribution in [1.82, 2.24) is 4.90 Å². The lowest BCUT2D eigenvalue weighted by molar-refractivity contribution is 0.0443. The quantitative estimate of drug-likeness (QED) is 0.0756. The molecule has 1 heterocycles. The number of benzene rings is 6. The summed E-state index contributed by atoms with van der Waals surface area (Å²) in [6, 6.07) is 30.3. The van der Waals surface area contributed by atoms with Gasteiger partial charge in [-0.2, -0.15) is 0 Å². The van der Waals surface area contributed by atoms with E-state index in [-0.39, 0.29) is 22.9 Å². The van der Waals surface area contributed by atoms with Crippen LogP contribution in [0.15, 0.2) is 126 Å². The first kappa shape index (κ1) is 43.1. The third-order valence-corrected chi connectivity index (χ3v) is 9.70. The topological polar surface area (TPSA) is 89.1 Å². The molecule has 0 unspecified atom stereocenters. The number of nitrogens with zero attached hydrogens (tertiary/aromatic N) is 1. The van der Waals surface area contributed by atoms with Gasteiger partial charge in [0.1, 0.15) is 34.8 Å². The highest BCUT2D eigenvalue weighted by molar-refractivity contribution is 9.10. The highest BCUT2D eigenvalue weighted by Gasteiger charge is 2.17. The van der Waals surface area contributed by atoms with Crippen molar-refractivity contribution in [2.75, 3.05) is 57.7 Å². The molecule has 1 saturated heterocycles. The van der Waals surface area contributed by atoms with Crippen molar-refractivity contribution in [1.29, 1.82) is 0 Å². The van der Waals surface area contributed by atoms with Crippen LogP contribution in [-0.2, 0) is 4.74 Å². The number of carbonyl (C=O) groups excluding carboxylic acids is 2. The minimum Gasteiger partial charge on any atom is -0.496 e. The van der Waals surface area contributed by atoms with Gasteiger partial charge in [0.05, 0.1) is 56.5 Å². The number of anilines is 4. The zero-order valence-electron chi connectivity index (χ0n) is 32.5. The summed E-state index contributed by atoms with van der Waals surface area (Å²) in [4.78, 5) is 28.1. The van der Waals surface area contributed by atoms with Crippen molar-refractivity contribution >= 4 is 50.2 Å². The first-order valence-corrected chi connectivity index (χ1v) is 19.3. The molecule has 0 radical (unpaired) electrons. The molecule has 0 bridgehead atoms. The summed E-state index contributed by atoms with van der Waals surface area (Å²) in [5.74, 6) is 4.14. The Balaban J connectivity index is 0.000000209. The number of halogens is 5.